The lowest BCUT2D eigenvalue weighted by Crippen LogP contribution is -2.14. The zero-order valence-electron chi connectivity index (χ0n) is 10.9. The van der Waals surface area contributed by atoms with Gasteiger partial charge in [-0.05, 0) is 30.2 Å². The van der Waals surface area contributed by atoms with Gasteiger partial charge in [-0.3, -0.25) is 0 Å². The third-order valence-corrected chi connectivity index (χ3v) is 2.54. The van der Waals surface area contributed by atoms with Crippen LogP contribution >= 0.6 is 0 Å². The average molecular weight is 236 g/mol. The van der Waals surface area contributed by atoms with Crippen molar-refractivity contribution in [2.24, 2.45) is 0 Å². The molecule has 0 unspecified atom stereocenters. The van der Waals surface area contributed by atoms with E-state index >= 15 is 0 Å². The number of aromatic nitrogens is 2. The minimum Gasteiger partial charge on any atom is -0.154 e. The topological polar surface area (TPSA) is 25.8 Å². The van der Waals surface area contributed by atoms with Gasteiger partial charge in [0, 0.05) is 11.0 Å². The molecule has 2 heteroatoms. The van der Waals surface area contributed by atoms with Crippen molar-refractivity contribution in [3.63, 3.8) is 0 Å². The van der Waals surface area contributed by atoms with Gasteiger partial charge in [-0.25, -0.2) is 0 Å². The summed E-state index contributed by atoms with van der Waals surface area (Å²) in [6, 6.07) is 13.8. The molecule has 1 heterocycles. The van der Waals surface area contributed by atoms with Crippen LogP contribution in [0.25, 0.3) is 0 Å². The standard InChI is InChI=1S/C16H16N2/c1-16(2,3)15-12-11-14(17-18-15)10-9-13-7-5-4-6-8-13/h4-8,11-12H,1-3H3. The zero-order chi connectivity index (χ0) is 13.0. The second-order valence-electron chi connectivity index (χ2n) is 5.17. The van der Waals surface area contributed by atoms with Crippen molar-refractivity contribution in [2.75, 3.05) is 0 Å². The van der Waals surface area contributed by atoms with Crippen molar-refractivity contribution in [2.45, 2.75) is 26.2 Å². The molecular weight excluding hydrogens is 220 g/mol. The normalized spacial score (nSPS) is 10.6. The van der Waals surface area contributed by atoms with Gasteiger partial charge in [0.15, 0.2) is 0 Å². The fraction of sp³-hybridized carbons (Fsp3) is 0.250. The summed E-state index contributed by atoms with van der Waals surface area (Å²) in [5.74, 6) is 6.08. The molecule has 0 N–H and O–H groups in total. The molecule has 2 nitrogen and oxygen atoms in total. The number of rotatable bonds is 0. The summed E-state index contributed by atoms with van der Waals surface area (Å²) in [7, 11) is 0. The molecule has 1 aromatic carbocycles. The van der Waals surface area contributed by atoms with E-state index in [-0.39, 0.29) is 5.41 Å². The predicted octanol–water partition coefficient (Wildman–Crippen LogP) is 3.17. The van der Waals surface area contributed by atoms with Gasteiger partial charge in [-0.1, -0.05) is 44.9 Å². The monoisotopic (exact) mass is 236 g/mol. The molecule has 0 aliphatic carbocycles. The maximum Gasteiger partial charge on any atom is 0.136 e. The molecule has 0 radical (unpaired) electrons. The summed E-state index contributed by atoms with van der Waals surface area (Å²) in [6.07, 6.45) is 0. The van der Waals surface area contributed by atoms with Gasteiger partial charge >= 0.3 is 0 Å². The second kappa shape index (κ2) is 5.01. The zero-order valence-corrected chi connectivity index (χ0v) is 10.9. The second-order valence-corrected chi connectivity index (χ2v) is 5.17. The smallest absolute Gasteiger partial charge is 0.136 e. The molecule has 0 amide bonds. The van der Waals surface area contributed by atoms with Crippen molar-refractivity contribution in [3.05, 3.63) is 59.4 Å². The van der Waals surface area contributed by atoms with Gasteiger partial charge in [0.2, 0.25) is 0 Å². The lowest BCUT2D eigenvalue weighted by atomic mass is 9.92. The van der Waals surface area contributed by atoms with Crippen molar-refractivity contribution >= 4 is 0 Å². The molecule has 0 saturated carbocycles. The molecule has 0 aliphatic rings. The van der Waals surface area contributed by atoms with E-state index in [9.17, 15) is 0 Å². The molecule has 0 spiro atoms. The van der Waals surface area contributed by atoms with Gasteiger partial charge in [-0.15, -0.1) is 5.10 Å². The van der Waals surface area contributed by atoms with Crippen LogP contribution in [0.1, 0.15) is 37.7 Å². The highest BCUT2D eigenvalue weighted by molar-refractivity contribution is 5.39. The summed E-state index contributed by atoms with van der Waals surface area (Å²) < 4.78 is 0. The Labute approximate surface area is 108 Å². The highest BCUT2D eigenvalue weighted by atomic mass is 15.1. The number of benzene rings is 1. The van der Waals surface area contributed by atoms with Crippen LogP contribution in [0.4, 0.5) is 0 Å². The van der Waals surface area contributed by atoms with Crippen LogP contribution < -0.4 is 0 Å². The van der Waals surface area contributed by atoms with Crippen molar-refractivity contribution in [1.29, 1.82) is 0 Å². The van der Waals surface area contributed by atoms with Crippen LogP contribution in [-0.4, -0.2) is 10.2 Å². The van der Waals surface area contributed by atoms with Crippen LogP contribution in [0.15, 0.2) is 42.5 Å². The molecule has 18 heavy (non-hydrogen) atoms. The first-order chi connectivity index (χ1) is 8.55. The van der Waals surface area contributed by atoms with E-state index in [1.807, 2.05) is 42.5 Å². The lowest BCUT2D eigenvalue weighted by molar-refractivity contribution is 0.558. The Morgan fingerprint density at radius 3 is 2.11 bits per heavy atom. The number of hydrogen-bond donors (Lipinski definition) is 0. The molecule has 0 saturated heterocycles. The Kier molecular flexibility index (Phi) is 3.43. The Morgan fingerprint density at radius 1 is 0.833 bits per heavy atom. The van der Waals surface area contributed by atoms with Crippen molar-refractivity contribution in [3.8, 4) is 11.8 Å². The van der Waals surface area contributed by atoms with E-state index < -0.39 is 0 Å². The first-order valence-corrected chi connectivity index (χ1v) is 5.97. The summed E-state index contributed by atoms with van der Waals surface area (Å²) in [4.78, 5) is 0. The third kappa shape index (κ3) is 3.18. The molecule has 0 fully saturated rings. The van der Waals surface area contributed by atoms with Crippen LogP contribution in [0.5, 0.6) is 0 Å². The van der Waals surface area contributed by atoms with E-state index in [1.165, 1.54) is 0 Å². The van der Waals surface area contributed by atoms with Crippen molar-refractivity contribution in [1.82, 2.24) is 10.2 Å². The van der Waals surface area contributed by atoms with Crippen LogP contribution in [0.2, 0.25) is 0 Å². The Hall–Kier alpha value is -2.14. The van der Waals surface area contributed by atoms with Crippen molar-refractivity contribution < 1.29 is 0 Å². The molecule has 90 valence electrons. The van der Waals surface area contributed by atoms with Crippen LogP contribution in [-0.2, 0) is 5.41 Å². The summed E-state index contributed by atoms with van der Waals surface area (Å²) in [6.45, 7) is 6.35. The highest BCUT2D eigenvalue weighted by Gasteiger charge is 2.15. The Bertz CT molecular complexity index is 566. The van der Waals surface area contributed by atoms with Gasteiger partial charge in [0.1, 0.15) is 5.69 Å². The first-order valence-electron chi connectivity index (χ1n) is 5.97. The Morgan fingerprint density at radius 2 is 1.56 bits per heavy atom. The Balaban J connectivity index is 2.20. The largest absolute Gasteiger partial charge is 0.154 e. The maximum absolute atomic E-state index is 4.21. The molecule has 0 atom stereocenters. The predicted molar refractivity (Wildman–Crippen MR) is 73.2 cm³/mol. The quantitative estimate of drug-likeness (QED) is 0.657. The van der Waals surface area contributed by atoms with Gasteiger partial charge < -0.3 is 0 Å². The highest BCUT2D eigenvalue weighted by Crippen LogP contribution is 2.18. The minimum absolute atomic E-state index is 0.0262. The van der Waals surface area contributed by atoms with E-state index in [4.69, 9.17) is 0 Å². The molecular formula is C16H16N2. The average Bonchev–Trinajstić information content (AvgIpc) is 2.37. The van der Waals surface area contributed by atoms with Gasteiger partial charge in [0.05, 0.1) is 5.69 Å². The fourth-order valence-corrected chi connectivity index (χ4v) is 1.46. The van der Waals surface area contributed by atoms with E-state index in [1.54, 1.807) is 0 Å². The van der Waals surface area contributed by atoms with E-state index in [2.05, 4.69) is 42.8 Å². The molecule has 0 bridgehead atoms. The maximum atomic E-state index is 4.21. The number of nitrogens with zero attached hydrogens (tertiary/aromatic N) is 2. The first kappa shape index (κ1) is 12.3. The van der Waals surface area contributed by atoms with E-state index in [0.717, 1.165) is 11.3 Å². The summed E-state index contributed by atoms with van der Waals surface area (Å²) in [5, 5.41) is 8.35. The van der Waals surface area contributed by atoms with E-state index in [0.29, 0.717) is 5.69 Å². The molecule has 2 aromatic rings. The summed E-state index contributed by atoms with van der Waals surface area (Å²) in [5.41, 5.74) is 2.69. The fourth-order valence-electron chi connectivity index (χ4n) is 1.46. The molecule has 1 aromatic heterocycles. The SMILES string of the molecule is CC(C)(C)c1ccc(C#Cc2ccccc2)nn1. The van der Waals surface area contributed by atoms with Crippen LogP contribution in [0, 0.1) is 11.8 Å². The van der Waals surface area contributed by atoms with Gasteiger partial charge in [0.25, 0.3) is 0 Å². The van der Waals surface area contributed by atoms with Crippen LogP contribution in [0.3, 0.4) is 0 Å². The molecule has 0 aliphatic heterocycles. The third-order valence-electron chi connectivity index (χ3n) is 2.54. The van der Waals surface area contributed by atoms with Gasteiger partial charge in [-0.2, -0.15) is 5.10 Å². The molecule has 2 rings (SSSR count). The number of hydrogen-bond acceptors (Lipinski definition) is 2. The summed E-state index contributed by atoms with van der Waals surface area (Å²) >= 11 is 0. The minimum atomic E-state index is 0.0262. The lowest BCUT2D eigenvalue weighted by Gasteiger charge is -2.15.